The normalized spacial score (nSPS) is 20.9. The summed E-state index contributed by atoms with van der Waals surface area (Å²) >= 11 is 0. The molecule has 0 amide bonds. The lowest BCUT2D eigenvalue weighted by molar-refractivity contribution is 0.0695. The summed E-state index contributed by atoms with van der Waals surface area (Å²) in [6, 6.07) is 3.77. The molecule has 6 heteroatoms. The van der Waals surface area contributed by atoms with Gasteiger partial charge in [-0.15, -0.1) is 0 Å². The van der Waals surface area contributed by atoms with Crippen LogP contribution in [0.3, 0.4) is 0 Å². The van der Waals surface area contributed by atoms with Gasteiger partial charge in [0.2, 0.25) is 0 Å². The lowest BCUT2D eigenvalue weighted by atomic mass is 10.2. The fourth-order valence-electron chi connectivity index (χ4n) is 2.43. The third kappa shape index (κ3) is 3.46. The van der Waals surface area contributed by atoms with E-state index in [-0.39, 0.29) is 5.56 Å². The predicted octanol–water partition coefficient (Wildman–Crippen LogP) is 0.746. The molecule has 110 valence electrons. The highest BCUT2D eigenvalue weighted by Gasteiger charge is 2.21. The Morgan fingerprint density at radius 3 is 2.85 bits per heavy atom. The Morgan fingerprint density at radius 2 is 2.20 bits per heavy atom. The molecule has 1 aliphatic rings. The van der Waals surface area contributed by atoms with Gasteiger partial charge in [-0.2, -0.15) is 0 Å². The first kappa shape index (κ1) is 14.7. The summed E-state index contributed by atoms with van der Waals surface area (Å²) in [5.74, 6) is -0.204. The highest BCUT2D eigenvalue weighted by molar-refractivity contribution is 5.89. The molecule has 1 saturated heterocycles. The Labute approximate surface area is 119 Å². The van der Waals surface area contributed by atoms with Crippen LogP contribution in [0.25, 0.3) is 0 Å². The van der Waals surface area contributed by atoms with Gasteiger partial charge in [-0.3, -0.25) is 4.90 Å². The van der Waals surface area contributed by atoms with Gasteiger partial charge in [0.25, 0.3) is 0 Å². The number of hydrogen-bond acceptors (Lipinski definition) is 5. The summed E-state index contributed by atoms with van der Waals surface area (Å²) in [5, 5.41) is 12.3. The molecule has 0 radical (unpaired) electrons. The molecule has 1 atom stereocenters. The van der Waals surface area contributed by atoms with Crippen LogP contribution in [0.4, 0.5) is 5.82 Å². The topological polar surface area (TPSA) is 68.7 Å². The summed E-state index contributed by atoms with van der Waals surface area (Å²) in [4.78, 5) is 19.9. The van der Waals surface area contributed by atoms with E-state index in [1.54, 1.807) is 19.1 Å². The summed E-state index contributed by atoms with van der Waals surface area (Å²) in [6.07, 6.45) is 0. The van der Waals surface area contributed by atoms with Crippen LogP contribution in [0, 0.1) is 6.92 Å². The van der Waals surface area contributed by atoms with Crippen LogP contribution >= 0.6 is 0 Å². The van der Waals surface area contributed by atoms with Gasteiger partial charge >= 0.3 is 5.97 Å². The van der Waals surface area contributed by atoms with E-state index in [4.69, 9.17) is 5.11 Å². The van der Waals surface area contributed by atoms with Crippen molar-refractivity contribution in [3.63, 3.8) is 0 Å². The van der Waals surface area contributed by atoms with Crippen molar-refractivity contribution in [2.45, 2.75) is 13.0 Å². The van der Waals surface area contributed by atoms with E-state index < -0.39 is 5.97 Å². The second-order valence-corrected chi connectivity index (χ2v) is 5.41. The predicted molar refractivity (Wildman–Crippen MR) is 78.3 cm³/mol. The molecule has 1 unspecified atom stereocenters. The van der Waals surface area contributed by atoms with Gasteiger partial charge in [-0.1, -0.05) is 0 Å². The highest BCUT2D eigenvalue weighted by atomic mass is 16.4. The number of hydrogen-bond donors (Lipinski definition) is 2. The van der Waals surface area contributed by atoms with Crippen LogP contribution in [0.2, 0.25) is 0 Å². The van der Waals surface area contributed by atoms with E-state index in [1.165, 1.54) is 0 Å². The van der Waals surface area contributed by atoms with Crippen LogP contribution in [0.1, 0.15) is 16.1 Å². The average molecular weight is 278 g/mol. The van der Waals surface area contributed by atoms with Gasteiger partial charge in [-0.25, -0.2) is 9.78 Å². The molecule has 0 spiro atoms. The first-order valence-electron chi connectivity index (χ1n) is 6.81. The fraction of sp³-hybridized carbons (Fsp3) is 0.571. The number of anilines is 1. The van der Waals surface area contributed by atoms with E-state index >= 15 is 0 Å². The van der Waals surface area contributed by atoms with Crippen LogP contribution in [-0.2, 0) is 0 Å². The van der Waals surface area contributed by atoms with Crippen molar-refractivity contribution in [3.05, 3.63) is 23.4 Å². The maximum atomic E-state index is 10.9. The summed E-state index contributed by atoms with van der Waals surface area (Å²) in [7, 11) is 4.26. The first-order chi connectivity index (χ1) is 9.47. The van der Waals surface area contributed by atoms with Crippen molar-refractivity contribution in [1.29, 1.82) is 0 Å². The number of likely N-dealkylation sites (N-methyl/N-ethyl adjacent to an activating group) is 2. The second-order valence-electron chi connectivity index (χ2n) is 5.41. The maximum Gasteiger partial charge on any atom is 0.337 e. The minimum Gasteiger partial charge on any atom is -0.478 e. The summed E-state index contributed by atoms with van der Waals surface area (Å²) in [6.45, 7) is 5.70. The number of nitrogens with one attached hydrogen (secondary N) is 1. The van der Waals surface area contributed by atoms with E-state index in [9.17, 15) is 4.79 Å². The number of carbonyl (C=O) groups is 1. The molecule has 1 fully saturated rings. The molecule has 0 bridgehead atoms. The van der Waals surface area contributed by atoms with Gasteiger partial charge in [0, 0.05) is 32.2 Å². The molecule has 0 saturated carbocycles. The molecular weight excluding hydrogens is 256 g/mol. The molecule has 1 aliphatic heterocycles. The van der Waals surface area contributed by atoms with Crippen LogP contribution in [-0.4, -0.2) is 72.2 Å². The lowest BCUT2D eigenvalue weighted by Crippen LogP contribution is -2.52. The molecule has 2 heterocycles. The molecule has 2 rings (SSSR count). The standard InChI is InChI=1S/C14H22N4O2/c1-10-12(14(19)20)4-5-13(16-10)15-8-11-9-17(2)6-7-18(11)3/h4-5,11H,6-9H2,1-3H3,(H,15,16)(H,19,20). The summed E-state index contributed by atoms with van der Waals surface area (Å²) in [5.41, 5.74) is 0.793. The molecule has 1 aromatic rings. The van der Waals surface area contributed by atoms with Gasteiger partial charge in [0.05, 0.1) is 11.3 Å². The zero-order valence-electron chi connectivity index (χ0n) is 12.3. The number of aromatic carboxylic acids is 1. The number of carboxylic acid groups (broad SMARTS) is 1. The molecular formula is C14H22N4O2. The zero-order valence-corrected chi connectivity index (χ0v) is 12.3. The first-order valence-corrected chi connectivity index (χ1v) is 6.81. The number of aryl methyl sites for hydroxylation is 1. The summed E-state index contributed by atoms with van der Waals surface area (Å²) < 4.78 is 0. The number of piperazine rings is 1. The van der Waals surface area contributed by atoms with Crippen molar-refractivity contribution < 1.29 is 9.90 Å². The van der Waals surface area contributed by atoms with Gasteiger partial charge in [0.1, 0.15) is 5.82 Å². The lowest BCUT2D eigenvalue weighted by Gasteiger charge is -2.37. The minimum absolute atomic E-state index is 0.255. The van der Waals surface area contributed by atoms with Crippen molar-refractivity contribution in [3.8, 4) is 0 Å². The Kier molecular flexibility index (Phi) is 4.57. The van der Waals surface area contributed by atoms with Crippen LogP contribution in [0.15, 0.2) is 12.1 Å². The van der Waals surface area contributed by atoms with E-state index in [1.807, 2.05) is 0 Å². The van der Waals surface area contributed by atoms with Gasteiger partial charge in [0.15, 0.2) is 0 Å². The quantitative estimate of drug-likeness (QED) is 0.847. The van der Waals surface area contributed by atoms with E-state index in [0.717, 1.165) is 32.0 Å². The molecule has 2 N–H and O–H groups in total. The van der Waals surface area contributed by atoms with Gasteiger partial charge in [-0.05, 0) is 33.2 Å². The van der Waals surface area contributed by atoms with Crippen molar-refractivity contribution >= 4 is 11.8 Å². The van der Waals surface area contributed by atoms with Crippen LogP contribution in [0.5, 0.6) is 0 Å². The van der Waals surface area contributed by atoms with E-state index in [0.29, 0.717) is 11.7 Å². The van der Waals surface area contributed by atoms with Crippen molar-refractivity contribution in [2.75, 3.05) is 45.6 Å². The second kappa shape index (κ2) is 6.19. The Bertz CT molecular complexity index is 492. The van der Waals surface area contributed by atoms with Gasteiger partial charge < -0.3 is 15.3 Å². The third-order valence-corrected chi connectivity index (χ3v) is 3.82. The molecule has 6 nitrogen and oxygen atoms in total. The van der Waals surface area contributed by atoms with Crippen LogP contribution < -0.4 is 5.32 Å². The fourth-order valence-corrected chi connectivity index (χ4v) is 2.43. The number of nitrogens with zero attached hydrogens (tertiary/aromatic N) is 3. The molecule has 0 aromatic carbocycles. The average Bonchev–Trinajstić information content (AvgIpc) is 2.39. The molecule has 1 aromatic heterocycles. The maximum absolute atomic E-state index is 10.9. The molecule has 0 aliphatic carbocycles. The Hall–Kier alpha value is -1.66. The number of carboxylic acids is 1. The number of rotatable bonds is 4. The largest absolute Gasteiger partial charge is 0.478 e. The number of pyridine rings is 1. The highest BCUT2D eigenvalue weighted by Crippen LogP contribution is 2.12. The van der Waals surface area contributed by atoms with Crippen molar-refractivity contribution in [1.82, 2.24) is 14.8 Å². The molecule has 20 heavy (non-hydrogen) atoms. The zero-order chi connectivity index (χ0) is 14.7. The van der Waals surface area contributed by atoms with E-state index in [2.05, 4.69) is 34.2 Å². The smallest absolute Gasteiger partial charge is 0.337 e. The third-order valence-electron chi connectivity index (χ3n) is 3.82. The Morgan fingerprint density at radius 1 is 1.45 bits per heavy atom. The van der Waals surface area contributed by atoms with Crippen molar-refractivity contribution in [2.24, 2.45) is 0 Å². The number of aromatic nitrogens is 1. The monoisotopic (exact) mass is 278 g/mol. The SMILES string of the molecule is Cc1nc(NCC2CN(C)CCN2C)ccc1C(=O)O. The Balaban J connectivity index is 1.97. The minimum atomic E-state index is -0.935.